The normalized spacial score (nSPS) is 32.2. The molecule has 0 saturated heterocycles. The van der Waals surface area contributed by atoms with Gasteiger partial charge in [-0.2, -0.15) is 0 Å². The number of rotatable bonds is 4. The van der Waals surface area contributed by atoms with Gasteiger partial charge in [-0.05, 0) is 112 Å². The number of allylic oxidation sites excluding steroid dienone is 1. The summed E-state index contributed by atoms with van der Waals surface area (Å²) in [6.07, 6.45) is 9.72. The van der Waals surface area contributed by atoms with Gasteiger partial charge in [0.2, 0.25) is 10.0 Å². The van der Waals surface area contributed by atoms with Crippen molar-refractivity contribution in [2.24, 2.45) is 17.8 Å². The summed E-state index contributed by atoms with van der Waals surface area (Å²) in [5.74, 6) is 0.551. The lowest BCUT2D eigenvalue weighted by atomic mass is 9.68. The Morgan fingerprint density at radius 2 is 2.00 bits per heavy atom. The Bertz CT molecular complexity index is 1580. The first-order chi connectivity index (χ1) is 22.0. The molecule has 0 unspecified atom stereocenters. The van der Waals surface area contributed by atoms with Crippen LogP contribution in [0.3, 0.4) is 0 Å². The molecule has 6 rings (SSSR count). The van der Waals surface area contributed by atoms with E-state index in [1.807, 2.05) is 32.0 Å². The molecular weight excluding hydrogens is 624 g/mol. The zero-order valence-corrected chi connectivity index (χ0v) is 28.9. The van der Waals surface area contributed by atoms with Crippen LogP contribution in [0, 0.1) is 17.8 Å². The minimum Gasteiger partial charge on any atom is -0.490 e. The van der Waals surface area contributed by atoms with E-state index in [-0.39, 0.29) is 23.5 Å². The predicted octanol–water partition coefficient (Wildman–Crippen LogP) is 6.30. The Morgan fingerprint density at radius 3 is 2.76 bits per heavy atom. The Balaban J connectivity index is 1.41. The Kier molecular flexibility index (Phi) is 9.77. The van der Waals surface area contributed by atoms with Crippen LogP contribution in [0.25, 0.3) is 0 Å². The summed E-state index contributed by atoms with van der Waals surface area (Å²) in [6, 6.07) is 11.5. The molecule has 4 aliphatic rings. The van der Waals surface area contributed by atoms with Crippen molar-refractivity contribution in [3.8, 4) is 5.75 Å². The summed E-state index contributed by atoms with van der Waals surface area (Å²) >= 11 is 6.44. The maximum absolute atomic E-state index is 13.5. The van der Waals surface area contributed by atoms with E-state index in [2.05, 4.69) is 33.9 Å². The zero-order chi connectivity index (χ0) is 32.6. The molecule has 2 heterocycles. The maximum atomic E-state index is 13.5. The standard InChI is InChI=1S/C36H47ClN2O6S/c1-23-7-5-9-33(44-20-24(2)43-4)30-13-10-28(30)19-39-21-36(16-6-8-26-17-29(37)12-14-31(26)36)22-45-34-15-11-27(18-32(34)39)35(40)38-46(41,42)25(23)3/h5,9,11-12,14-15,17-18,23-25,28,30,33H,6-8,10,13,16,19-22H2,1-4H3,(H,38,40)/b9-5+/t23-,24+,25+,28-,30+,33-,36-/m0/s1. The van der Waals surface area contributed by atoms with Gasteiger partial charge in [0.05, 0.1) is 36.4 Å². The monoisotopic (exact) mass is 670 g/mol. The largest absolute Gasteiger partial charge is 0.490 e. The Morgan fingerprint density at radius 1 is 1.17 bits per heavy atom. The number of carbonyl (C=O) groups is 1. The zero-order valence-electron chi connectivity index (χ0n) is 27.3. The van der Waals surface area contributed by atoms with E-state index in [1.165, 1.54) is 11.1 Å². The van der Waals surface area contributed by atoms with E-state index in [0.29, 0.717) is 42.8 Å². The minimum absolute atomic E-state index is 0.0345. The quantitative estimate of drug-likeness (QED) is 0.382. The van der Waals surface area contributed by atoms with Crippen LogP contribution in [0.5, 0.6) is 5.75 Å². The summed E-state index contributed by atoms with van der Waals surface area (Å²) in [4.78, 5) is 15.9. The number of methoxy groups -OCH3 is 1. The van der Waals surface area contributed by atoms with E-state index >= 15 is 0 Å². The summed E-state index contributed by atoms with van der Waals surface area (Å²) in [6.45, 7) is 8.05. The molecule has 2 aromatic rings. The molecule has 0 aromatic heterocycles. The number of ether oxygens (including phenoxy) is 3. The molecule has 0 radical (unpaired) electrons. The number of carbonyl (C=O) groups excluding carboxylic acids is 1. The molecule has 46 heavy (non-hydrogen) atoms. The van der Waals surface area contributed by atoms with E-state index < -0.39 is 21.2 Å². The number of hydrogen-bond donors (Lipinski definition) is 1. The average molecular weight is 671 g/mol. The molecular formula is C36H47ClN2O6S. The fraction of sp³-hybridized carbons (Fsp3) is 0.583. The van der Waals surface area contributed by atoms with Gasteiger partial charge in [-0.3, -0.25) is 4.79 Å². The summed E-state index contributed by atoms with van der Waals surface area (Å²) < 4.78 is 47.6. The van der Waals surface area contributed by atoms with Gasteiger partial charge in [0, 0.05) is 36.2 Å². The second kappa shape index (κ2) is 13.5. The van der Waals surface area contributed by atoms with Crippen molar-refractivity contribution in [1.82, 2.24) is 4.72 Å². The van der Waals surface area contributed by atoms with Crippen LogP contribution < -0.4 is 14.4 Å². The number of aryl methyl sites for hydroxylation is 1. The maximum Gasteiger partial charge on any atom is 0.264 e. The molecule has 8 nitrogen and oxygen atoms in total. The van der Waals surface area contributed by atoms with Crippen LogP contribution in [0.4, 0.5) is 5.69 Å². The van der Waals surface area contributed by atoms with Gasteiger partial charge in [0.25, 0.3) is 5.91 Å². The van der Waals surface area contributed by atoms with Crippen molar-refractivity contribution in [2.75, 3.05) is 38.3 Å². The summed E-state index contributed by atoms with van der Waals surface area (Å²) in [5.41, 5.74) is 3.41. The first-order valence-electron chi connectivity index (χ1n) is 16.7. The minimum atomic E-state index is -3.92. The third kappa shape index (κ3) is 6.71. The van der Waals surface area contributed by atoms with E-state index in [9.17, 15) is 13.2 Å². The second-order valence-corrected chi connectivity index (χ2v) is 16.4. The lowest BCUT2D eigenvalue weighted by Gasteiger charge is -2.46. The van der Waals surface area contributed by atoms with E-state index in [4.69, 9.17) is 25.8 Å². The molecule has 2 aliphatic heterocycles. The van der Waals surface area contributed by atoms with Crippen LogP contribution in [0.1, 0.15) is 74.4 Å². The summed E-state index contributed by atoms with van der Waals surface area (Å²) in [5, 5.41) is -0.0223. The Hall–Kier alpha value is -2.59. The lowest BCUT2D eigenvalue weighted by molar-refractivity contribution is -0.0530. The van der Waals surface area contributed by atoms with E-state index in [1.54, 1.807) is 20.1 Å². The number of nitrogens with zero attached hydrogens (tertiary/aromatic N) is 1. The number of amides is 1. The third-order valence-corrected chi connectivity index (χ3v) is 13.1. The first-order valence-corrected chi connectivity index (χ1v) is 18.6. The van der Waals surface area contributed by atoms with Gasteiger partial charge in [-0.1, -0.05) is 36.7 Å². The van der Waals surface area contributed by atoms with Crippen molar-refractivity contribution in [3.05, 3.63) is 70.3 Å². The molecule has 1 saturated carbocycles. The van der Waals surface area contributed by atoms with Crippen LogP contribution in [0.2, 0.25) is 5.02 Å². The molecule has 2 aromatic carbocycles. The molecule has 1 fully saturated rings. The molecule has 1 spiro atoms. The smallest absolute Gasteiger partial charge is 0.264 e. The van der Waals surface area contributed by atoms with Gasteiger partial charge < -0.3 is 19.1 Å². The van der Waals surface area contributed by atoms with Crippen molar-refractivity contribution in [2.45, 2.75) is 82.2 Å². The number of anilines is 1. The van der Waals surface area contributed by atoms with Gasteiger partial charge in [0.1, 0.15) is 5.75 Å². The van der Waals surface area contributed by atoms with Crippen molar-refractivity contribution in [3.63, 3.8) is 0 Å². The predicted molar refractivity (Wildman–Crippen MR) is 181 cm³/mol. The second-order valence-electron chi connectivity index (χ2n) is 14.0. The molecule has 1 N–H and O–H groups in total. The number of nitrogens with one attached hydrogen (secondary N) is 1. The highest BCUT2D eigenvalue weighted by Crippen LogP contribution is 2.47. The van der Waals surface area contributed by atoms with Crippen LogP contribution >= 0.6 is 11.6 Å². The molecule has 2 bridgehead atoms. The van der Waals surface area contributed by atoms with Crippen molar-refractivity contribution < 1.29 is 27.4 Å². The van der Waals surface area contributed by atoms with Crippen molar-refractivity contribution in [1.29, 1.82) is 0 Å². The number of sulfonamides is 1. The fourth-order valence-corrected chi connectivity index (χ4v) is 9.11. The molecule has 7 atom stereocenters. The first kappa shape index (κ1) is 33.3. The van der Waals surface area contributed by atoms with Gasteiger partial charge in [-0.25, -0.2) is 13.1 Å². The van der Waals surface area contributed by atoms with Crippen LogP contribution in [-0.2, 0) is 31.3 Å². The van der Waals surface area contributed by atoms with Crippen LogP contribution in [-0.4, -0.2) is 65.2 Å². The average Bonchev–Trinajstić information content (AvgIpc) is 3.17. The highest BCUT2D eigenvalue weighted by molar-refractivity contribution is 7.90. The van der Waals surface area contributed by atoms with Crippen LogP contribution in [0.15, 0.2) is 48.6 Å². The number of fused-ring (bicyclic) bond motifs is 4. The summed E-state index contributed by atoms with van der Waals surface area (Å²) in [7, 11) is -2.23. The fourth-order valence-electron chi connectivity index (χ4n) is 7.63. The molecule has 2 aliphatic carbocycles. The number of hydrogen-bond acceptors (Lipinski definition) is 7. The van der Waals surface area contributed by atoms with Crippen molar-refractivity contribution >= 4 is 33.2 Å². The molecule has 10 heteroatoms. The Labute approximate surface area is 278 Å². The molecule has 250 valence electrons. The lowest BCUT2D eigenvalue weighted by Crippen LogP contribution is -2.50. The highest BCUT2D eigenvalue weighted by Gasteiger charge is 2.44. The SMILES string of the molecule is CO[C@H](C)CO[C@H]1/C=C/C[C@H](C)[C@@H](C)S(=O)(=O)NC(=O)c2ccc3c(c2)N(C[C@@H]2CC[C@H]21)C[C@@]1(CCCc2cc(Cl)ccc21)CO3. The molecule has 1 amide bonds. The number of benzene rings is 2. The number of halogens is 1. The topological polar surface area (TPSA) is 94.2 Å². The van der Waals surface area contributed by atoms with E-state index in [0.717, 1.165) is 55.9 Å². The highest BCUT2D eigenvalue weighted by atomic mass is 35.5. The third-order valence-electron chi connectivity index (χ3n) is 10.9. The van der Waals surface area contributed by atoms with Gasteiger partial charge >= 0.3 is 0 Å². The van der Waals surface area contributed by atoms with Gasteiger partial charge in [0.15, 0.2) is 0 Å². The van der Waals surface area contributed by atoms with Gasteiger partial charge in [-0.15, -0.1) is 0 Å².